The van der Waals surface area contributed by atoms with Crippen LogP contribution in [-0.2, 0) is 42.9 Å². The number of hydrogen-bond acceptors (Lipinski definition) is 13. The van der Waals surface area contributed by atoms with Crippen molar-refractivity contribution in [1.82, 2.24) is 0 Å². The second kappa shape index (κ2) is 13.8. The van der Waals surface area contributed by atoms with E-state index in [0.29, 0.717) is 32.5 Å². The van der Waals surface area contributed by atoms with Crippen molar-refractivity contribution in [2.45, 2.75) is 37.3 Å². The minimum atomic E-state index is -1.67. The molecule has 11 nitrogen and oxygen atoms in total. The van der Waals surface area contributed by atoms with Crippen molar-refractivity contribution in [1.29, 1.82) is 0 Å². The fourth-order valence-electron chi connectivity index (χ4n) is 5.76. The number of carbonyl (C=O) groups excluding carboxylic acids is 5. The van der Waals surface area contributed by atoms with Crippen LogP contribution >= 0.6 is 46.9 Å². The summed E-state index contributed by atoms with van der Waals surface area (Å²) in [4.78, 5) is 69.8. The second-order valence-corrected chi connectivity index (χ2v) is 15.6. The lowest BCUT2D eigenvalue weighted by Crippen LogP contribution is -2.55. The van der Waals surface area contributed by atoms with Crippen molar-refractivity contribution in [3.05, 3.63) is 83.3 Å². The summed E-state index contributed by atoms with van der Waals surface area (Å²) in [6.07, 6.45) is 0. The van der Waals surface area contributed by atoms with Crippen molar-refractivity contribution in [3.8, 4) is 5.75 Å². The molecule has 2 aromatic rings. The number of halogens is 1. The number of benzene rings is 2. The molecule has 1 amide bonds. The van der Waals surface area contributed by atoms with Gasteiger partial charge in [0.25, 0.3) is 5.91 Å². The molecule has 0 aliphatic carbocycles. The topological polar surface area (TPSA) is 135 Å². The van der Waals surface area contributed by atoms with E-state index in [1.54, 1.807) is 43.0 Å². The van der Waals surface area contributed by atoms with Gasteiger partial charge >= 0.3 is 23.9 Å². The minimum Gasteiger partial charge on any atom is -0.484 e. The van der Waals surface area contributed by atoms with E-state index in [-0.39, 0.29) is 26.9 Å². The molecule has 0 N–H and O–H groups in total. The molecule has 0 aromatic heterocycles. The summed E-state index contributed by atoms with van der Waals surface area (Å²) in [7, 11) is 4.67. The third kappa shape index (κ3) is 6.13. The van der Waals surface area contributed by atoms with E-state index in [0.717, 1.165) is 46.4 Å². The smallest absolute Gasteiger partial charge is 0.345 e. The van der Waals surface area contributed by atoms with Crippen molar-refractivity contribution >= 4 is 87.9 Å². The number of esters is 4. The minimum absolute atomic E-state index is 0.123. The summed E-state index contributed by atoms with van der Waals surface area (Å²) in [6, 6.07) is 10.4. The lowest BCUT2D eigenvalue weighted by Gasteiger charge is -2.50. The van der Waals surface area contributed by atoms with Crippen molar-refractivity contribution in [2.75, 3.05) is 39.9 Å². The third-order valence-corrected chi connectivity index (χ3v) is 13.1. The molecule has 0 saturated heterocycles. The molecule has 3 aliphatic heterocycles. The Labute approximate surface area is 300 Å². The summed E-state index contributed by atoms with van der Waals surface area (Å²) in [5, 5.41) is 0.516. The molecular weight excluding hydrogens is 714 g/mol. The van der Waals surface area contributed by atoms with Crippen LogP contribution in [0.25, 0.3) is 5.57 Å². The zero-order chi connectivity index (χ0) is 36.0. The molecule has 0 saturated carbocycles. The molecule has 258 valence electrons. The van der Waals surface area contributed by atoms with Gasteiger partial charge in [-0.2, -0.15) is 0 Å². The SMILES string of the molecule is COC(=O)C1=C(C(=O)OC)SC2(S1)C(C(=O)OC)=C(C(=O)OC)SC1=C2c2cc(C)c(C)cc2N(C(=O)COc2ccc(Cl)cc2)C1(C)C. The lowest BCUT2D eigenvalue weighted by atomic mass is 9.82. The number of rotatable bonds is 7. The Morgan fingerprint density at radius 1 is 0.755 bits per heavy atom. The molecule has 0 unspecified atom stereocenters. The number of methoxy groups -OCH3 is 4. The third-order valence-electron chi connectivity index (χ3n) is 8.18. The highest BCUT2D eigenvalue weighted by molar-refractivity contribution is 8.26. The largest absolute Gasteiger partial charge is 0.484 e. The summed E-state index contributed by atoms with van der Waals surface area (Å²) in [5.74, 6) is -3.38. The number of aryl methyl sites for hydroxylation is 2. The number of anilines is 1. The van der Waals surface area contributed by atoms with Crippen LogP contribution in [0.4, 0.5) is 5.69 Å². The van der Waals surface area contributed by atoms with Crippen LogP contribution in [0.2, 0.25) is 5.02 Å². The standard InChI is InChI=1S/C34H32ClNO10S3/c1-16-13-20-21(14-17(16)2)36(22(37)15-46-19-11-9-18(35)10-12-19)33(3,4)28-23(20)34(24(29(38)42-5)25(47-28)30(39)43-6)48-26(31(40)44-7)27(49-34)32(41)45-8/h9-14H,15H2,1-8H3. The average Bonchev–Trinajstić information content (AvgIpc) is 3.47. The van der Waals surface area contributed by atoms with Crippen molar-refractivity contribution in [2.24, 2.45) is 0 Å². The van der Waals surface area contributed by atoms with Crippen LogP contribution in [0.15, 0.2) is 61.6 Å². The van der Waals surface area contributed by atoms with E-state index in [9.17, 15) is 24.0 Å². The van der Waals surface area contributed by atoms with Gasteiger partial charge < -0.3 is 23.7 Å². The van der Waals surface area contributed by atoms with Gasteiger partial charge in [-0.25, -0.2) is 19.2 Å². The molecule has 3 heterocycles. The highest BCUT2D eigenvalue weighted by Gasteiger charge is 2.61. The fraction of sp³-hybridized carbons (Fsp3) is 0.324. The zero-order valence-corrected chi connectivity index (χ0v) is 31.0. The van der Waals surface area contributed by atoms with Gasteiger partial charge in [-0.05, 0) is 75.2 Å². The van der Waals surface area contributed by atoms with Gasteiger partial charge in [0.2, 0.25) is 0 Å². The number of fused-ring (bicyclic) bond motifs is 3. The maximum Gasteiger partial charge on any atom is 0.345 e. The van der Waals surface area contributed by atoms with Gasteiger partial charge in [0.05, 0.1) is 45.2 Å². The van der Waals surface area contributed by atoms with E-state index in [1.807, 2.05) is 26.0 Å². The Morgan fingerprint density at radius 3 is 1.80 bits per heavy atom. The Hall–Kier alpha value is -3.85. The van der Waals surface area contributed by atoms with E-state index in [4.69, 9.17) is 35.3 Å². The van der Waals surface area contributed by atoms with E-state index < -0.39 is 39.4 Å². The normalized spacial score (nSPS) is 17.4. The van der Waals surface area contributed by atoms with Crippen LogP contribution in [0, 0.1) is 13.8 Å². The first-order valence-electron chi connectivity index (χ1n) is 14.6. The molecular formula is C34H32ClNO10S3. The van der Waals surface area contributed by atoms with Gasteiger partial charge in [-0.15, -0.1) is 0 Å². The van der Waals surface area contributed by atoms with Crippen molar-refractivity contribution in [3.63, 3.8) is 0 Å². The maximum atomic E-state index is 14.3. The first kappa shape index (κ1) is 36.4. The highest BCUT2D eigenvalue weighted by Crippen LogP contribution is 2.71. The van der Waals surface area contributed by atoms with Gasteiger partial charge in [0, 0.05) is 21.1 Å². The fourth-order valence-corrected chi connectivity index (χ4v) is 10.9. The Balaban J connectivity index is 1.81. The van der Waals surface area contributed by atoms with Crippen molar-refractivity contribution < 1.29 is 47.7 Å². The van der Waals surface area contributed by atoms with Gasteiger partial charge in [-0.3, -0.25) is 9.69 Å². The summed E-state index contributed by atoms with van der Waals surface area (Å²) in [6.45, 7) is 7.08. The number of carbonyl (C=O) groups is 5. The van der Waals surface area contributed by atoms with E-state index in [1.165, 1.54) is 28.4 Å². The molecule has 0 fully saturated rings. The van der Waals surface area contributed by atoms with Crippen LogP contribution in [0.5, 0.6) is 5.75 Å². The quantitative estimate of drug-likeness (QED) is 0.244. The number of hydrogen-bond donors (Lipinski definition) is 0. The molecule has 5 rings (SSSR count). The summed E-state index contributed by atoms with van der Waals surface area (Å²) in [5.41, 5.74) is 1.92. The number of nitrogens with zero attached hydrogens (tertiary/aromatic N) is 1. The summed E-state index contributed by atoms with van der Waals surface area (Å²) >= 11 is 8.73. The predicted octanol–water partition coefficient (Wildman–Crippen LogP) is 5.95. The molecule has 3 aliphatic rings. The van der Waals surface area contributed by atoms with Crippen LogP contribution < -0.4 is 9.64 Å². The molecule has 2 aromatic carbocycles. The molecule has 0 bridgehead atoms. The summed E-state index contributed by atoms with van der Waals surface area (Å²) < 4.78 is 24.7. The molecule has 0 atom stereocenters. The second-order valence-electron chi connectivity index (χ2n) is 11.4. The van der Waals surface area contributed by atoms with Crippen LogP contribution in [0.3, 0.4) is 0 Å². The molecule has 1 spiro atoms. The number of thioether (sulfide) groups is 3. The van der Waals surface area contributed by atoms with E-state index in [2.05, 4.69) is 0 Å². The predicted molar refractivity (Wildman–Crippen MR) is 189 cm³/mol. The number of ether oxygens (including phenoxy) is 5. The lowest BCUT2D eigenvalue weighted by molar-refractivity contribution is -0.138. The van der Waals surface area contributed by atoms with Gasteiger partial charge in [0.15, 0.2) is 6.61 Å². The molecule has 15 heteroatoms. The number of amides is 1. The Kier molecular flexibility index (Phi) is 10.3. The first-order valence-corrected chi connectivity index (χ1v) is 17.5. The Morgan fingerprint density at radius 2 is 1.27 bits per heavy atom. The Bertz CT molecular complexity index is 1870. The monoisotopic (exact) mass is 745 g/mol. The highest BCUT2D eigenvalue weighted by atomic mass is 35.5. The van der Waals surface area contributed by atoms with Crippen LogP contribution in [0.1, 0.15) is 30.5 Å². The molecule has 0 radical (unpaired) electrons. The average molecular weight is 746 g/mol. The van der Waals surface area contributed by atoms with E-state index >= 15 is 0 Å². The van der Waals surface area contributed by atoms with Gasteiger partial charge in [0.1, 0.15) is 24.5 Å². The maximum absolute atomic E-state index is 14.3. The molecule has 49 heavy (non-hydrogen) atoms. The first-order chi connectivity index (χ1) is 23.2. The van der Waals surface area contributed by atoms with Gasteiger partial charge in [-0.1, -0.05) is 46.9 Å². The zero-order valence-electron chi connectivity index (χ0n) is 27.8. The van der Waals surface area contributed by atoms with Crippen LogP contribution in [-0.4, -0.2) is 74.4 Å².